The molecule has 108 valence electrons. The molecular formula is C11H16N6O3. The van der Waals surface area contributed by atoms with Crippen LogP contribution in [0.5, 0.6) is 0 Å². The zero-order valence-corrected chi connectivity index (χ0v) is 11.1. The number of nitrogens with zero attached hydrogens (tertiary/aromatic N) is 4. The molecule has 0 spiro atoms. The molecule has 20 heavy (non-hydrogen) atoms. The van der Waals surface area contributed by atoms with Crippen molar-refractivity contribution in [2.75, 3.05) is 30.4 Å². The average Bonchev–Trinajstić information content (AvgIpc) is 2.46. The summed E-state index contributed by atoms with van der Waals surface area (Å²) in [5, 5.41) is 13.9. The molecule has 9 heteroatoms. The van der Waals surface area contributed by atoms with Crippen LogP contribution in [0.25, 0.3) is 0 Å². The molecule has 0 radical (unpaired) electrons. The highest BCUT2D eigenvalue weighted by Crippen LogP contribution is 2.33. The Labute approximate surface area is 115 Å². The minimum atomic E-state index is -0.499. The van der Waals surface area contributed by atoms with E-state index >= 15 is 0 Å². The number of carbonyl (C=O) groups is 1. The van der Waals surface area contributed by atoms with Gasteiger partial charge in [0.2, 0.25) is 17.5 Å². The summed E-state index contributed by atoms with van der Waals surface area (Å²) in [6, 6.07) is 0. The number of anilines is 2. The van der Waals surface area contributed by atoms with Crippen molar-refractivity contribution >= 4 is 23.2 Å². The number of aromatic nitrogens is 2. The Bertz CT molecular complexity index is 527. The van der Waals surface area contributed by atoms with E-state index in [9.17, 15) is 14.9 Å². The molecule has 0 atom stereocenters. The van der Waals surface area contributed by atoms with Crippen molar-refractivity contribution in [2.24, 2.45) is 11.7 Å². The van der Waals surface area contributed by atoms with Crippen LogP contribution < -0.4 is 16.0 Å². The van der Waals surface area contributed by atoms with Gasteiger partial charge in [-0.2, -0.15) is 0 Å². The average molecular weight is 280 g/mol. The SMILES string of the molecule is CNc1ncnc(N2CCC(C(N)=O)CC2)c1[N+](=O)[O-]. The van der Waals surface area contributed by atoms with E-state index in [2.05, 4.69) is 15.3 Å². The molecule has 2 heterocycles. The molecule has 1 aromatic heterocycles. The van der Waals surface area contributed by atoms with E-state index in [4.69, 9.17) is 5.73 Å². The number of hydrogen-bond acceptors (Lipinski definition) is 7. The van der Waals surface area contributed by atoms with E-state index in [1.807, 2.05) is 0 Å². The minimum Gasteiger partial charge on any atom is -0.369 e. The van der Waals surface area contributed by atoms with Gasteiger partial charge in [0.1, 0.15) is 6.33 Å². The normalized spacial score (nSPS) is 15.9. The lowest BCUT2D eigenvalue weighted by Crippen LogP contribution is -2.39. The molecule has 0 aromatic carbocycles. The maximum Gasteiger partial charge on any atom is 0.353 e. The summed E-state index contributed by atoms with van der Waals surface area (Å²) < 4.78 is 0. The van der Waals surface area contributed by atoms with Gasteiger partial charge in [0.05, 0.1) is 4.92 Å². The molecule has 1 aromatic rings. The molecule has 1 saturated heterocycles. The van der Waals surface area contributed by atoms with Gasteiger partial charge in [-0.15, -0.1) is 0 Å². The third-order valence-corrected chi connectivity index (χ3v) is 3.42. The van der Waals surface area contributed by atoms with Crippen molar-refractivity contribution in [3.05, 3.63) is 16.4 Å². The number of carbonyl (C=O) groups excluding carboxylic acids is 1. The summed E-state index contributed by atoms with van der Waals surface area (Å²) >= 11 is 0. The standard InChI is InChI=1S/C11H16N6O3/c1-13-10-8(17(19)20)11(15-6-14-10)16-4-2-7(3-5-16)9(12)18/h6-7H,2-5H2,1H3,(H2,12,18)(H,13,14,15). The molecule has 0 aliphatic carbocycles. The Morgan fingerprint density at radius 1 is 1.50 bits per heavy atom. The van der Waals surface area contributed by atoms with Crippen LogP contribution in [0, 0.1) is 16.0 Å². The molecule has 0 unspecified atom stereocenters. The number of nitro groups is 1. The molecule has 9 nitrogen and oxygen atoms in total. The Hall–Kier alpha value is -2.45. The summed E-state index contributed by atoms with van der Waals surface area (Å²) in [7, 11) is 1.57. The number of hydrogen-bond donors (Lipinski definition) is 2. The molecule has 1 amide bonds. The van der Waals surface area contributed by atoms with Crippen molar-refractivity contribution in [1.82, 2.24) is 9.97 Å². The maximum atomic E-state index is 11.2. The van der Waals surface area contributed by atoms with Crippen LogP contribution in [-0.2, 0) is 4.79 Å². The van der Waals surface area contributed by atoms with Crippen LogP contribution in [0.3, 0.4) is 0 Å². The van der Waals surface area contributed by atoms with Crippen molar-refractivity contribution < 1.29 is 9.72 Å². The fraction of sp³-hybridized carbons (Fsp3) is 0.545. The van der Waals surface area contributed by atoms with Crippen LogP contribution in [-0.4, -0.2) is 40.9 Å². The molecule has 1 aliphatic rings. The number of nitrogens with one attached hydrogen (secondary N) is 1. The minimum absolute atomic E-state index is 0.146. The van der Waals surface area contributed by atoms with E-state index in [1.54, 1.807) is 11.9 Å². The Kier molecular flexibility index (Phi) is 3.97. The van der Waals surface area contributed by atoms with Gasteiger partial charge in [0.25, 0.3) is 0 Å². The van der Waals surface area contributed by atoms with Crippen LogP contribution in [0.2, 0.25) is 0 Å². The van der Waals surface area contributed by atoms with Crippen LogP contribution in [0.4, 0.5) is 17.3 Å². The Morgan fingerprint density at radius 3 is 2.65 bits per heavy atom. The number of nitrogens with two attached hydrogens (primary N) is 1. The topological polar surface area (TPSA) is 127 Å². The van der Waals surface area contributed by atoms with Gasteiger partial charge in [0, 0.05) is 26.1 Å². The zero-order valence-electron chi connectivity index (χ0n) is 11.1. The first-order chi connectivity index (χ1) is 9.54. The van der Waals surface area contributed by atoms with Gasteiger partial charge in [-0.1, -0.05) is 0 Å². The van der Waals surface area contributed by atoms with Crippen LogP contribution in [0.1, 0.15) is 12.8 Å². The third kappa shape index (κ3) is 2.60. The van der Waals surface area contributed by atoms with Gasteiger partial charge in [-0.05, 0) is 12.8 Å². The van der Waals surface area contributed by atoms with Crippen molar-refractivity contribution in [3.63, 3.8) is 0 Å². The highest BCUT2D eigenvalue weighted by atomic mass is 16.6. The quantitative estimate of drug-likeness (QED) is 0.592. The van der Waals surface area contributed by atoms with Gasteiger partial charge in [-0.25, -0.2) is 9.97 Å². The van der Waals surface area contributed by atoms with Gasteiger partial charge < -0.3 is 16.0 Å². The van der Waals surface area contributed by atoms with Gasteiger partial charge in [0.15, 0.2) is 0 Å². The first kappa shape index (κ1) is 14.0. The maximum absolute atomic E-state index is 11.2. The fourth-order valence-electron chi connectivity index (χ4n) is 2.33. The molecule has 1 fully saturated rings. The lowest BCUT2D eigenvalue weighted by atomic mass is 9.96. The Balaban J connectivity index is 2.26. The fourth-order valence-corrected chi connectivity index (χ4v) is 2.33. The summed E-state index contributed by atoms with van der Waals surface area (Å²) in [5.74, 6) is -0.0389. The first-order valence-corrected chi connectivity index (χ1v) is 6.26. The number of primary amides is 1. The molecule has 0 saturated carbocycles. The predicted molar refractivity (Wildman–Crippen MR) is 72.4 cm³/mol. The second-order valence-electron chi connectivity index (χ2n) is 4.57. The van der Waals surface area contributed by atoms with Gasteiger partial charge in [-0.3, -0.25) is 14.9 Å². The van der Waals surface area contributed by atoms with Crippen LogP contribution in [0.15, 0.2) is 6.33 Å². The van der Waals surface area contributed by atoms with Crippen molar-refractivity contribution in [2.45, 2.75) is 12.8 Å². The second kappa shape index (κ2) is 5.68. The van der Waals surface area contributed by atoms with E-state index in [-0.39, 0.29) is 29.1 Å². The third-order valence-electron chi connectivity index (χ3n) is 3.42. The number of piperidine rings is 1. The predicted octanol–water partition coefficient (Wildman–Crippen LogP) is 0.128. The zero-order chi connectivity index (χ0) is 14.7. The van der Waals surface area contributed by atoms with E-state index < -0.39 is 4.92 Å². The molecule has 2 rings (SSSR count). The second-order valence-corrected chi connectivity index (χ2v) is 4.57. The van der Waals surface area contributed by atoms with Crippen LogP contribution >= 0.6 is 0 Å². The lowest BCUT2D eigenvalue weighted by Gasteiger charge is -2.31. The van der Waals surface area contributed by atoms with E-state index in [1.165, 1.54) is 6.33 Å². The molecular weight excluding hydrogens is 264 g/mol. The Morgan fingerprint density at radius 2 is 2.15 bits per heavy atom. The number of amides is 1. The lowest BCUT2D eigenvalue weighted by molar-refractivity contribution is -0.383. The van der Waals surface area contributed by atoms with Crippen molar-refractivity contribution in [1.29, 1.82) is 0 Å². The monoisotopic (exact) mass is 280 g/mol. The molecule has 1 aliphatic heterocycles. The number of rotatable bonds is 4. The van der Waals surface area contributed by atoms with E-state index in [0.29, 0.717) is 25.9 Å². The highest BCUT2D eigenvalue weighted by molar-refractivity contribution is 5.77. The molecule has 0 bridgehead atoms. The summed E-state index contributed by atoms with van der Waals surface area (Å²) in [5.41, 5.74) is 5.13. The van der Waals surface area contributed by atoms with E-state index in [0.717, 1.165) is 0 Å². The smallest absolute Gasteiger partial charge is 0.353 e. The molecule has 3 N–H and O–H groups in total. The largest absolute Gasteiger partial charge is 0.369 e. The highest BCUT2D eigenvalue weighted by Gasteiger charge is 2.30. The first-order valence-electron chi connectivity index (χ1n) is 6.26. The van der Waals surface area contributed by atoms with Crippen molar-refractivity contribution in [3.8, 4) is 0 Å². The summed E-state index contributed by atoms with van der Waals surface area (Å²) in [6.07, 6.45) is 2.44. The summed E-state index contributed by atoms with van der Waals surface area (Å²) in [6.45, 7) is 1.02. The van der Waals surface area contributed by atoms with Gasteiger partial charge >= 0.3 is 5.69 Å². The summed E-state index contributed by atoms with van der Waals surface area (Å²) in [4.78, 5) is 31.5.